The first-order chi connectivity index (χ1) is 11.9. The van der Waals surface area contributed by atoms with E-state index in [9.17, 15) is 27.2 Å². The van der Waals surface area contributed by atoms with Crippen molar-refractivity contribution in [2.45, 2.75) is 12.8 Å². The van der Waals surface area contributed by atoms with Gasteiger partial charge in [0.15, 0.2) is 23.3 Å². The van der Waals surface area contributed by atoms with Gasteiger partial charge in [-0.2, -0.15) is 0 Å². The summed E-state index contributed by atoms with van der Waals surface area (Å²) in [6.07, 6.45) is 1.71. The Labute approximate surface area is 139 Å². The fourth-order valence-electron chi connectivity index (χ4n) is 2.16. The van der Waals surface area contributed by atoms with Gasteiger partial charge in [-0.15, -0.1) is 0 Å². The lowest BCUT2D eigenvalue weighted by Crippen LogP contribution is -2.16. The number of amides is 2. The van der Waals surface area contributed by atoms with Crippen LogP contribution < -0.4 is 10.6 Å². The second-order valence-electron chi connectivity index (χ2n) is 5.64. The van der Waals surface area contributed by atoms with E-state index in [1.54, 1.807) is 0 Å². The normalized spacial score (nSPS) is 13.4. The quantitative estimate of drug-likeness (QED) is 0.499. The molecule has 0 radical (unpaired) electrons. The standard InChI is InChI=1S/C17H12F4N2O2/c18-12-7-11(13(19)15(21)14(12)20)17(25)23-10-5-3-9(4-6-10)22-16(24)8-1-2-8/h3-8H,1-2H2,(H,22,24)(H,23,25). The third kappa shape index (κ3) is 3.62. The van der Waals surface area contributed by atoms with E-state index in [0.717, 1.165) is 12.8 Å². The van der Waals surface area contributed by atoms with E-state index in [-0.39, 0.29) is 23.6 Å². The molecule has 0 aliphatic heterocycles. The minimum absolute atomic E-state index is 0.0330. The van der Waals surface area contributed by atoms with Crippen molar-refractivity contribution in [3.05, 3.63) is 59.2 Å². The van der Waals surface area contributed by atoms with E-state index in [4.69, 9.17) is 0 Å². The molecule has 0 bridgehead atoms. The Morgan fingerprint density at radius 3 is 1.96 bits per heavy atom. The molecule has 0 spiro atoms. The van der Waals surface area contributed by atoms with E-state index in [0.29, 0.717) is 5.69 Å². The second-order valence-corrected chi connectivity index (χ2v) is 5.64. The van der Waals surface area contributed by atoms with Crippen LogP contribution in [0.25, 0.3) is 0 Å². The Hall–Kier alpha value is -2.90. The van der Waals surface area contributed by atoms with Crippen LogP contribution in [0, 0.1) is 29.2 Å². The molecular formula is C17H12F4N2O2. The van der Waals surface area contributed by atoms with Crippen molar-refractivity contribution >= 4 is 23.2 Å². The van der Waals surface area contributed by atoms with E-state index >= 15 is 0 Å². The molecule has 130 valence electrons. The Balaban J connectivity index is 1.72. The minimum atomic E-state index is -2.05. The maximum absolute atomic E-state index is 13.6. The fourth-order valence-corrected chi connectivity index (χ4v) is 2.16. The largest absolute Gasteiger partial charge is 0.326 e. The summed E-state index contributed by atoms with van der Waals surface area (Å²) in [7, 11) is 0. The number of benzene rings is 2. The summed E-state index contributed by atoms with van der Waals surface area (Å²) < 4.78 is 52.9. The summed E-state index contributed by atoms with van der Waals surface area (Å²) in [4.78, 5) is 23.6. The van der Waals surface area contributed by atoms with Crippen molar-refractivity contribution in [3.8, 4) is 0 Å². The maximum Gasteiger partial charge on any atom is 0.258 e. The van der Waals surface area contributed by atoms with Crippen LogP contribution in [0.3, 0.4) is 0 Å². The van der Waals surface area contributed by atoms with Crippen LogP contribution in [0.15, 0.2) is 30.3 Å². The van der Waals surface area contributed by atoms with Crippen LogP contribution >= 0.6 is 0 Å². The van der Waals surface area contributed by atoms with Crippen molar-refractivity contribution in [2.75, 3.05) is 10.6 Å². The molecular weight excluding hydrogens is 340 g/mol. The number of hydrogen-bond donors (Lipinski definition) is 2. The lowest BCUT2D eigenvalue weighted by Gasteiger charge is -2.09. The van der Waals surface area contributed by atoms with Crippen LogP contribution in [0.1, 0.15) is 23.2 Å². The second kappa shape index (κ2) is 6.54. The number of hydrogen-bond acceptors (Lipinski definition) is 2. The Bertz CT molecular complexity index is 849. The van der Waals surface area contributed by atoms with Gasteiger partial charge in [0, 0.05) is 17.3 Å². The minimum Gasteiger partial charge on any atom is -0.326 e. The highest BCUT2D eigenvalue weighted by atomic mass is 19.2. The molecule has 25 heavy (non-hydrogen) atoms. The smallest absolute Gasteiger partial charge is 0.258 e. The molecule has 1 fully saturated rings. The van der Waals surface area contributed by atoms with Crippen LogP contribution in [-0.2, 0) is 4.79 Å². The summed E-state index contributed by atoms with van der Waals surface area (Å²) in [5.74, 6) is -8.66. The van der Waals surface area contributed by atoms with Gasteiger partial charge in [-0.3, -0.25) is 9.59 Å². The molecule has 2 amide bonds. The Morgan fingerprint density at radius 1 is 0.840 bits per heavy atom. The van der Waals surface area contributed by atoms with Gasteiger partial charge >= 0.3 is 0 Å². The van der Waals surface area contributed by atoms with Crippen LogP contribution in [-0.4, -0.2) is 11.8 Å². The van der Waals surface area contributed by atoms with Crippen LogP contribution in [0.2, 0.25) is 0 Å². The Morgan fingerprint density at radius 2 is 1.40 bits per heavy atom. The number of nitrogens with one attached hydrogen (secondary N) is 2. The molecule has 4 nitrogen and oxygen atoms in total. The van der Waals surface area contributed by atoms with Gasteiger partial charge in [-0.25, -0.2) is 17.6 Å². The molecule has 0 unspecified atom stereocenters. The number of carbonyl (C=O) groups excluding carboxylic acids is 2. The van der Waals surface area contributed by atoms with Gasteiger partial charge in [-0.05, 0) is 43.2 Å². The summed E-state index contributed by atoms with van der Waals surface area (Å²) >= 11 is 0. The zero-order valence-electron chi connectivity index (χ0n) is 12.7. The lowest BCUT2D eigenvalue weighted by atomic mass is 10.1. The topological polar surface area (TPSA) is 58.2 Å². The number of halogens is 4. The lowest BCUT2D eigenvalue weighted by molar-refractivity contribution is -0.117. The number of anilines is 2. The third-order valence-corrected chi connectivity index (χ3v) is 3.71. The number of rotatable bonds is 4. The highest BCUT2D eigenvalue weighted by Gasteiger charge is 2.29. The van der Waals surface area contributed by atoms with Crippen molar-refractivity contribution < 1.29 is 27.2 Å². The molecule has 0 aromatic heterocycles. The van der Waals surface area contributed by atoms with Gasteiger partial charge in [0.25, 0.3) is 5.91 Å². The Kier molecular flexibility index (Phi) is 4.43. The van der Waals surface area contributed by atoms with E-state index in [1.165, 1.54) is 24.3 Å². The van der Waals surface area contributed by atoms with Gasteiger partial charge in [-0.1, -0.05) is 0 Å². The first kappa shape index (κ1) is 16.9. The summed E-state index contributed by atoms with van der Waals surface area (Å²) in [6, 6.07) is 6.16. The molecule has 2 N–H and O–H groups in total. The first-order valence-electron chi connectivity index (χ1n) is 7.42. The van der Waals surface area contributed by atoms with Crippen LogP contribution in [0.5, 0.6) is 0 Å². The number of carbonyl (C=O) groups is 2. The molecule has 8 heteroatoms. The first-order valence-corrected chi connectivity index (χ1v) is 7.42. The summed E-state index contributed by atoms with van der Waals surface area (Å²) in [5.41, 5.74) is -0.235. The predicted molar refractivity (Wildman–Crippen MR) is 82.0 cm³/mol. The molecule has 1 aliphatic rings. The SMILES string of the molecule is O=C(Nc1ccc(NC(=O)C2CC2)cc1)c1cc(F)c(F)c(F)c1F. The fraction of sp³-hybridized carbons (Fsp3) is 0.176. The summed E-state index contributed by atoms with van der Waals surface area (Å²) in [5, 5.41) is 4.94. The van der Waals surface area contributed by atoms with Gasteiger partial charge in [0.1, 0.15) is 0 Å². The molecule has 1 aliphatic carbocycles. The molecule has 3 rings (SSSR count). The molecule has 0 atom stereocenters. The molecule has 2 aromatic rings. The zero-order valence-corrected chi connectivity index (χ0v) is 12.7. The summed E-state index contributed by atoms with van der Waals surface area (Å²) in [6.45, 7) is 0. The van der Waals surface area contributed by atoms with Crippen LogP contribution in [0.4, 0.5) is 28.9 Å². The van der Waals surface area contributed by atoms with Gasteiger partial charge in [0.2, 0.25) is 5.91 Å². The zero-order chi connectivity index (χ0) is 18.1. The van der Waals surface area contributed by atoms with E-state index < -0.39 is 34.7 Å². The third-order valence-electron chi connectivity index (χ3n) is 3.71. The average Bonchev–Trinajstić information content (AvgIpc) is 3.43. The predicted octanol–water partition coefficient (Wildman–Crippen LogP) is 3.84. The van der Waals surface area contributed by atoms with Crippen molar-refractivity contribution in [2.24, 2.45) is 5.92 Å². The monoisotopic (exact) mass is 352 g/mol. The van der Waals surface area contributed by atoms with E-state index in [1.807, 2.05) is 0 Å². The highest BCUT2D eigenvalue weighted by molar-refractivity contribution is 6.04. The average molecular weight is 352 g/mol. The molecule has 2 aromatic carbocycles. The maximum atomic E-state index is 13.6. The van der Waals surface area contributed by atoms with E-state index in [2.05, 4.69) is 10.6 Å². The highest BCUT2D eigenvalue weighted by Crippen LogP contribution is 2.30. The van der Waals surface area contributed by atoms with Gasteiger partial charge < -0.3 is 10.6 Å². The molecule has 1 saturated carbocycles. The van der Waals surface area contributed by atoms with Crippen molar-refractivity contribution in [3.63, 3.8) is 0 Å². The van der Waals surface area contributed by atoms with Gasteiger partial charge in [0.05, 0.1) is 5.56 Å². The van der Waals surface area contributed by atoms with Crippen molar-refractivity contribution in [1.29, 1.82) is 0 Å². The molecule has 0 saturated heterocycles. The molecule has 0 heterocycles. The van der Waals surface area contributed by atoms with Crippen molar-refractivity contribution in [1.82, 2.24) is 0 Å².